The van der Waals surface area contributed by atoms with E-state index in [1.807, 2.05) is 13.0 Å². The zero-order valence-corrected chi connectivity index (χ0v) is 18.4. The van der Waals surface area contributed by atoms with Crippen molar-refractivity contribution in [1.29, 1.82) is 0 Å². The molecule has 0 radical (unpaired) electrons. The molecule has 1 aromatic heterocycles. The van der Waals surface area contributed by atoms with Crippen LogP contribution in [0, 0.1) is 0 Å². The number of ether oxygens (including phenoxy) is 2. The summed E-state index contributed by atoms with van der Waals surface area (Å²) in [6.45, 7) is 2.45. The van der Waals surface area contributed by atoms with Crippen molar-refractivity contribution in [2.45, 2.75) is 19.5 Å². The van der Waals surface area contributed by atoms with E-state index in [9.17, 15) is 14.7 Å². The zero-order valence-electron chi connectivity index (χ0n) is 18.4. The van der Waals surface area contributed by atoms with E-state index in [-0.39, 0.29) is 17.9 Å². The number of Topliss-reactive ketones (excluding diaryl/α,β-unsaturated/α-hetero) is 1. The summed E-state index contributed by atoms with van der Waals surface area (Å²) in [6.07, 6.45) is 1.63. The molecule has 1 aliphatic heterocycles. The maximum Gasteiger partial charge on any atom is 0.296 e. The van der Waals surface area contributed by atoms with Gasteiger partial charge in [-0.1, -0.05) is 30.3 Å². The number of aliphatic hydroxyl groups is 1. The highest BCUT2D eigenvalue weighted by molar-refractivity contribution is 6.46. The van der Waals surface area contributed by atoms with Crippen LogP contribution in [0.25, 0.3) is 5.76 Å². The summed E-state index contributed by atoms with van der Waals surface area (Å²) >= 11 is 0. The Kier molecular flexibility index (Phi) is 6.40. The number of carbonyl (C=O) groups is 2. The van der Waals surface area contributed by atoms with Gasteiger partial charge in [-0.15, -0.1) is 0 Å². The van der Waals surface area contributed by atoms with E-state index in [1.165, 1.54) is 4.90 Å². The van der Waals surface area contributed by atoms with Crippen LogP contribution in [-0.4, -0.2) is 40.4 Å². The number of rotatable bonds is 7. The minimum Gasteiger partial charge on any atom is -0.507 e. The molecule has 4 rings (SSSR count). The Balaban J connectivity index is 1.84. The molecule has 1 aliphatic rings. The van der Waals surface area contributed by atoms with Gasteiger partial charge in [0.05, 0.1) is 37.6 Å². The minimum atomic E-state index is -0.784. The lowest BCUT2D eigenvalue weighted by molar-refractivity contribution is -0.140. The van der Waals surface area contributed by atoms with Crippen LogP contribution < -0.4 is 9.47 Å². The summed E-state index contributed by atoms with van der Waals surface area (Å²) in [5, 5.41) is 11.2. The van der Waals surface area contributed by atoms with E-state index in [2.05, 4.69) is 4.98 Å². The van der Waals surface area contributed by atoms with E-state index in [0.717, 1.165) is 0 Å². The summed E-state index contributed by atoms with van der Waals surface area (Å²) in [7, 11) is 1.56. The van der Waals surface area contributed by atoms with Crippen LogP contribution >= 0.6 is 0 Å². The molecule has 33 heavy (non-hydrogen) atoms. The number of likely N-dealkylation sites (tertiary alicyclic amines) is 1. The van der Waals surface area contributed by atoms with Crippen molar-refractivity contribution in [2.75, 3.05) is 13.7 Å². The van der Waals surface area contributed by atoms with Gasteiger partial charge in [0.15, 0.2) is 0 Å². The van der Waals surface area contributed by atoms with Crippen molar-refractivity contribution in [1.82, 2.24) is 9.88 Å². The first-order valence-electron chi connectivity index (χ1n) is 10.6. The van der Waals surface area contributed by atoms with Crippen LogP contribution in [0.1, 0.15) is 29.8 Å². The average molecular weight is 444 g/mol. The Labute approximate surface area is 191 Å². The van der Waals surface area contributed by atoms with Crippen LogP contribution in [-0.2, 0) is 16.1 Å². The maximum absolute atomic E-state index is 13.2. The van der Waals surface area contributed by atoms with Gasteiger partial charge in [-0.05, 0) is 48.9 Å². The number of aromatic nitrogens is 1. The number of methoxy groups -OCH3 is 1. The molecule has 7 heteroatoms. The largest absolute Gasteiger partial charge is 0.507 e. The predicted octanol–water partition coefficient (Wildman–Crippen LogP) is 4.11. The van der Waals surface area contributed by atoms with Crippen LogP contribution in [0.4, 0.5) is 0 Å². The fourth-order valence-corrected chi connectivity index (χ4v) is 3.90. The number of pyridine rings is 1. The summed E-state index contributed by atoms with van der Waals surface area (Å²) < 4.78 is 10.8. The number of aliphatic hydroxyl groups excluding tert-OH is 1. The highest BCUT2D eigenvalue weighted by Crippen LogP contribution is 2.40. The van der Waals surface area contributed by atoms with Crippen molar-refractivity contribution >= 4 is 17.4 Å². The molecular formula is C26H24N2O5. The normalized spacial score (nSPS) is 17.3. The lowest BCUT2D eigenvalue weighted by Gasteiger charge is -2.25. The third-order valence-electron chi connectivity index (χ3n) is 5.45. The van der Waals surface area contributed by atoms with E-state index in [4.69, 9.17) is 9.47 Å². The molecule has 1 fully saturated rings. The van der Waals surface area contributed by atoms with Gasteiger partial charge in [-0.25, -0.2) is 0 Å². The fourth-order valence-electron chi connectivity index (χ4n) is 3.90. The molecule has 0 aliphatic carbocycles. The molecule has 1 amide bonds. The third-order valence-corrected chi connectivity index (χ3v) is 5.45. The second kappa shape index (κ2) is 9.56. The molecule has 1 atom stereocenters. The molecule has 2 heterocycles. The maximum atomic E-state index is 13.2. The molecule has 0 bridgehead atoms. The molecule has 168 valence electrons. The van der Waals surface area contributed by atoms with Crippen LogP contribution in [0.2, 0.25) is 0 Å². The number of benzene rings is 2. The molecule has 1 unspecified atom stereocenters. The highest BCUT2D eigenvalue weighted by atomic mass is 16.5. The quantitative estimate of drug-likeness (QED) is 0.335. The van der Waals surface area contributed by atoms with Gasteiger partial charge in [0.1, 0.15) is 17.3 Å². The molecule has 2 aromatic carbocycles. The van der Waals surface area contributed by atoms with Crippen molar-refractivity contribution in [3.63, 3.8) is 0 Å². The average Bonchev–Trinajstić information content (AvgIpc) is 3.09. The van der Waals surface area contributed by atoms with E-state index < -0.39 is 17.7 Å². The van der Waals surface area contributed by atoms with Gasteiger partial charge >= 0.3 is 0 Å². The second-order valence-corrected chi connectivity index (χ2v) is 7.48. The lowest BCUT2D eigenvalue weighted by Crippen LogP contribution is -2.29. The zero-order chi connectivity index (χ0) is 23.4. The first-order chi connectivity index (χ1) is 16.0. The Morgan fingerprint density at radius 2 is 1.82 bits per heavy atom. The van der Waals surface area contributed by atoms with Crippen LogP contribution in [0.5, 0.6) is 11.5 Å². The molecule has 1 N–H and O–H groups in total. The number of amides is 1. The first kappa shape index (κ1) is 22.1. The summed E-state index contributed by atoms with van der Waals surface area (Å²) in [6, 6.07) is 18.5. The third kappa shape index (κ3) is 4.43. The van der Waals surface area contributed by atoms with Gasteiger partial charge in [-0.2, -0.15) is 0 Å². The fraction of sp³-hybridized carbons (Fsp3) is 0.192. The Morgan fingerprint density at radius 1 is 1.03 bits per heavy atom. The van der Waals surface area contributed by atoms with Gasteiger partial charge in [-0.3, -0.25) is 14.6 Å². The Bertz CT molecular complexity index is 1190. The Morgan fingerprint density at radius 3 is 2.48 bits per heavy atom. The van der Waals surface area contributed by atoms with E-state index in [1.54, 1.807) is 74.0 Å². The van der Waals surface area contributed by atoms with Crippen molar-refractivity contribution < 1.29 is 24.2 Å². The van der Waals surface area contributed by atoms with Gasteiger partial charge < -0.3 is 19.5 Å². The van der Waals surface area contributed by atoms with Gasteiger partial charge in [0.2, 0.25) is 0 Å². The molecule has 1 saturated heterocycles. The van der Waals surface area contributed by atoms with E-state index in [0.29, 0.717) is 34.9 Å². The molecule has 0 spiro atoms. The molecule has 7 nitrogen and oxygen atoms in total. The summed E-state index contributed by atoms with van der Waals surface area (Å²) in [5.74, 6) is -0.482. The van der Waals surface area contributed by atoms with Gasteiger partial charge in [0, 0.05) is 11.8 Å². The summed E-state index contributed by atoms with van der Waals surface area (Å²) in [4.78, 5) is 32.0. The molecule has 0 saturated carbocycles. The smallest absolute Gasteiger partial charge is 0.296 e. The first-order valence-corrected chi connectivity index (χ1v) is 10.6. The standard InChI is InChI=1S/C26H24N2O5/c1-3-33-21-9-6-7-18(15-21)24(29)22-23(17-10-12-20(32-2)13-11-17)28(26(31)25(22)30)16-19-8-4-5-14-27-19/h4-15,23,29H,3,16H2,1-2H3/b24-22-. The van der Waals surface area contributed by atoms with Gasteiger partial charge in [0.25, 0.3) is 11.7 Å². The number of hydrogen-bond donors (Lipinski definition) is 1. The monoisotopic (exact) mass is 444 g/mol. The number of ketones is 1. The van der Waals surface area contributed by atoms with Crippen LogP contribution in [0.15, 0.2) is 78.5 Å². The Hall–Kier alpha value is -4.13. The molecular weight excluding hydrogens is 420 g/mol. The summed E-state index contributed by atoms with van der Waals surface area (Å²) in [5.41, 5.74) is 1.73. The highest BCUT2D eigenvalue weighted by Gasteiger charge is 2.46. The van der Waals surface area contributed by atoms with Crippen LogP contribution in [0.3, 0.4) is 0 Å². The number of nitrogens with zero attached hydrogens (tertiary/aromatic N) is 2. The lowest BCUT2D eigenvalue weighted by atomic mass is 9.95. The second-order valence-electron chi connectivity index (χ2n) is 7.48. The number of hydrogen-bond acceptors (Lipinski definition) is 6. The van der Waals surface area contributed by atoms with Crippen molar-refractivity contribution in [2.24, 2.45) is 0 Å². The van der Waals surface area contributed by atoms with Crippen molar-refractivity contribution in [3.05, 3.63) is 95.3 Å². The molecule has 3 aromatic rings. The van der Waals surface area contributed by atoms with Crippen molar-refractivity contribution in [3.8, 4) is 11.5 Å². The number of carbonyl (C=O) groups excluding carboxylic acids is 2. The topological polar surface area (TPSA) is 89.0 Å². The predicted molar refractivity (Wildman–Crippen MR) is 123 cm³/mol. The van der Waals surface area contributed by atoms with E-state index >= 15 is 0 Å². The minimum absolute atomic E-state index is 0.0229. The SMILES string of the molecule is CCOc1cccc(/C(O)=C2/C(=O)C(=O)N(Cc3ccccn3)C2c2ccc(OC)cc2)c1.